The molecule has 1 amide bonds. The van der Waals surface area contributed by atoms with Crippen molar-refractivity contribution in [2.24, 2.45) is 4.99 Å². The number of hydrogen-bond acceptors (Lipinski definition) is 6. The van der Waals surface area contributed by atoms with Crippen LogP contribution in [-0.4, -0.2) is 23.7 Å². The second-order valence-electron chi connectivity index (χ2n) is 9.65. The lowest BCUT2D eigenvalue weighted by Crippen LogP contribution is -2.40. The van der Waals surface area contributed by atoms with Crippen molar-refractivity contribution in [3.8, 4) is 11.5 Å². The van der Waals surface area contributed by atoms with E-state index in [1.165, 1.54) is 11.3 Å². The van der Waals surface area contributed by atoms with Crippen molar-refractivity contribution in [3.05, 3.63) is 117 Å². The molecule has 0 aliphatic carbocycles. The van der Waals surface area contributed by atoms with E-state index in [0.717, 1.165) is 19.2 Å². The molecule has 1 aliphatic heterocycles. The summed E-state index contributed by atoms with van der Waals surface area (Å²) in [4.78, 5) is 33.1. The normalized spacial score (nSPS) is 15.0. The first-order chi connectivity index (χ1) is 19.7. The number of thiazole rings is 1. The van der Waals surface area contributed by atoms with E-state index in [9.17, 15) is 9.59 Å². The molecule has 0 radical (unpaired) electrons. The Morgan fingerprint density at radius 3 is 2.61 bits per heavy atom. The third-order valence-electron chi connectivity index (χ3n) is 6.38. The Balaban J connectivity index is 1.71. The topological polar surface area (TPSA) is 81.9 Å². The molecule has 0 fully saturated rings. The van der Waals surface area contributed by atoms with Gasteiger partial charge in [0.1, 0.15) is 11.5 Å². The van der Waals surface area contributed by atoms with Crippen LogP contribution >= 0.6 is 49.9 Å². The smallest absolute Gasteiger partial charge is 0.271 e. The molecule has 1 aliphatic rings. The SMILES string of the molecule is COc1cccc([C@H]2C(C(=O)Nc3ccccc3)=C(C)N=c3s/c(=C\c4cc(Br)cc(I)c4OC(C)C)c(=O)n32)c1. The summed E-state index contributed by atoms with van der Waals surface area (Å²) in [5, 5.41) is 2.97. The van der Waals surface area contributed by atoms with Crippen LogP contribution in [0.1, 0.15) is 37.9 Å². The number of allylic oxidation sites excluding steroid dienone is 1. The van der Waals surface area contributed by atoms with Gasteiger partial charge in [-0.15, -0.1) is 0 Å². The number of halogens is 2. The predicted molar refractivity (Wildman–Crippen MR) is 174 cm³/mol. The van der Waals surface area contributed by atoms with E-state index < -0.39 is 6.04 Å². The van der Waals surface area contributed by atoms with Crippen molar-refractivity contribution < 1.29 is 14.3 Å². The van der Waals surface area contributed by atoms with E-state index in [0.29, 0.717) is 37.8 Å². The maximum Gasteiger partial charge on any atom is 0.271 e. The van der Waals surface area contributed by atoms with E-state index in [-0.39, 0.29) is 17.6 Å². The number of anilines is 1. The number of rotatable bonds is 7. The number of nitrogens with one attached hydrogen (secondary N) is 1. The van der Waals surface area contributed by atoms with Gasteiger partial charge < -0.3 is 14.8 Å². The van der Waals surface area contributed by atoms with Gasteiger partial charge in [-0.2, -0.15) is 0 Å². The summed E-state index contributed by atoms with van der Waals surface area (Å²) in [6, 6.07) is 19.9. The molecule has 1 aromatic heterocycles. The van der Waals surface area contributed by atoms with Gasteiger partial charge in [-0.1, -0.05) is 57.6 Å². The Labute approximate surface area is 263 Å². The highest BCUT2D eigenvalue weighted by molar-refractivity contribution is 14.1. The summed E-state index contributed by atoms with van der Waals surface area (Å²) < 4.78 is 15.5. The fourth-order valence-electron chi connectivity index (χ4n) is 4.65. The summed E-state index contributed by atoms with van der Waals surface area (Å²) >= 11 is 7.09. The quantitative estimate of drug-likeness (QED) is 0.235. The molecule has 4 aromatic rings. The van der Waals surface area contributed by atoms with Crippen molar-refractivity contribution in [2.75, 3.05) is 12.4 Å². The van der Waals surface area contributed by atoms with Crippen LogP contribution in [0.5, 0.6) is 11.5 Å². The number of methoxy groups -OCH3 is 1. The Kier molecular flexibility index (Phi) is 8.81. The highest BCUT2D eigenvalue weighted by Crippen LogP contribution is 2.33. The summed E-state index contributed by atoms with van der Waals surface area (Å²) in [7, 11) is 1.59. The van der Waals surface area contributed by atoms with Crippen LogP contribution in [0.3, 0.4) is 0 Å². The predicted octanol–water partition coefficient (Wildman–Crippen LogP) is 6.04. The van der Waals surface area contributed by atoms with Gasteiger partial charge >= 0.3 is 0 Å². The molecule has 5 rings (SSSR count). The second kappa shape index (κ2) is 12.3. The number of benzene rings is 3. The van der Waals surface area contributed by atoms with Gasteiger partial charge in [0.05, 0.1) is 38.6 Å². The van der Waals surface area contributed by atoms with Crippen LogP contribution in [0.2, 0.25) is 0 Å². The van der Waals surface area contributed by atoms with E-state index in [1.807, 2.05) is 86.7 Å². The third kappa shape index (κ3) is 6.19. The van der Waals surface area contributed by atoms with Crippen molar-refractivity contribution in [2.45, 2.75) is 32.9 Å². The third-order valence-corrected chi connectivity index (χ3v) is 8.63. The van der Waals surface area contributed by atoms with Crippen molar-refractivity contribution in [1.82, 2.24) is 4.57 Å². The zero-order valence-corrected chi connectivity index (χ0v) is 27.3. The van der Waals surface area contributed by atoms with E-state index in [2.05, 4.69) is 43.8 Å². The Hall–Kier alpha value is -3.22. The number of nitrogens with zero attached hydrogens (tertiary/aromatic N) is 2. The van der Waals surface area contributed by atoms with E-state index >= 15 is 0 Å². The minimum absolute atomic E-state index is 0.0422. The fourth-order valence-corrected chi connectivity index (χ4v) is 7.36. The number of fused-ring (bicyclic) bond motifs is 1. The number of carbonyl (C=O) groups excluding carboxylic acids is 1. The van der Waals surface area contributed by atoms with Gasteiger partial charge in [0.2, 0.25) is 0 Å². The largest absolute Gasteiger partial charge is 0.497 e. The Morgan fingerprint density at radius 1 is 1.15 bits per heavy atom. The van der Waals surface area contributed by atoms with Crippen LogP contribution in [0.25, 0.3) is 6.08 Å². The number of para-hydroxylation sites is 1. The highest BCUT2D eigenvalue weighted by Gasteiger charge is 2.33. The van der Waals surface area contributed by atoms with Gasteiger partial charge in [-0.3, -0.25) is 14.2 Å². The van der Waals surface area contributed by atoms with Crippen LogP contribution in [-0.2, 0) is 4.79 Å². The summed E-state index contributed by atoms with van der Waals surface area (Å²) in [5.74, 6) is 1.01. The molecule has 0 spiro atoms. The molecule has 41 heavy (non-hydrogen) atoms. The highest BCUT2D eigenvalue weighted by atomic mass is 127. The maximum atomic E-state index is 14.1. The lowest BCUT2D eigenvalue weighted by Gasteiger charge is -2.25. The standard InChI is InChI=1S/C31H27BrIN3O4S/c1-17(2)40-28-20(13-21(32)16-24(28)33)15-25-30(38)36-27(19-9-8-12-23(14-19)39-4)26(18(3)34-31(36)41-25)29(37)35-22-10-6-5-7-11-22/h5-17,27H,1-4H3,(H,35,37)/b25-15-/t27-/m0/s1. The lowest BCUT2D eigenvalue weighted by molar-refractivity contribution is -0.113. The van der Waals surface area contributed by atoms with E-state index in [4.69, 9.17) is 14.5 Å². The van der Waals surface area contributed by atoms with Gasteiger partial charge in [-0.05, 0) is 91.4 Å². The number of carbonyl (C=O) groups is 1. The monoisotopic (exact) mass is 743 g/mol. The molecule has 7 nitrogen and oxygen atoms in total. The molecule has 0 unspecified atom stereocenters. The zero-order valence-electron chi connectivity index (χ0n) is 22.8. The van der Waals surface area contributed by atoms with Crippen LogP contribution in [0, 0.1) is 3.57 Å². The Bertz CT molecular complexity index is 1850. The minimum Gasteiger partial charge on any atom is -0.497 e. The van der Waals surface area contributed by atoms with Gasteiger partial charge in [-0.25, -0.2) is 4.99 Å². The average molecular weight is 744 g/mol. The van der Waals surface area contributed by atoms with Crippen molar-refractivity contribution >= 4 is 67.5 Å². The lowest BCUT2D eigenvalue weighted by atomic mass is 9.95. The number of amides is 1. The Morgan fingerprint density at radius 2 is 1.90 bits per heavy atom. The molecule has 0 saturated carbocycles. The molecular formula is C31H27BrIN3O4S. The number of hydrogen-bond donors (Lipinski definition) is 1. The maximum absolute atomic E-state index is 14.1. The molecule has 1 atom stereocenters. The molecule has 1 N–H and O–H groups in total. The summed E-state index contributed by atoms with van der Waals surface area (Å²) in [6.07, 6.45) is 1.79. The molecule has 0 saturated heterocycles. The van der Waals surface area contributed by atoms with Crippen molar-refractivity contribution in [3.63, 3.8) is 0 Å². The average Bonchev–Trinajstić information content (AvgIpc) is 3.24. The zero-order chi connectivity index (χ0) is 29.3. The first-order valence-corrected chi connectivity index (χ1v) is 15.5. The molecule has 2 heterocycles. The van der Waals surface area contributed by atoms with E-state index in [1.54, 1.807) is 18.6 Å². The molecule has 10 heteroatoms. The van der Waals surface area contributed by atoms with Crippen molar-refractivity contribution in [1.29, 1.82) is 0 Å². The van der Waals surface area contributed by atoms with Gasteiger partial charge in [0.25, 0.3) is 11.5 Å². The first-order valence-electron chi connectivity index (χ1n) is 12.8. The summed E-state index contributed by atoms with van der Waals surface area (Å²) in [5.41, 5.74) is 2.86. The molecule has 210 valence electrons. The summed E-state index contributed by atoms with van der Waals surface area (Å²) in [6.45, 7) is 5.73. The number of aromatic nitrogens is 1. The van der Waals surface area contributed by atoms with Gasteiger partial charge in [0.15, 0.2) is 4.80 Å². The van der Waals surface area contributed by atoms with Crippen LogP contribution in [0.4, 0.5) is 5.69 Å². The van der Waals surface area contributed by atoms with Crippen LogP contribution in [0.15, 0.2) is 92.3 Å². The molecule has 0 bridgehead atoms. The number of ether oxygens (including phenoxy) is 2. The molecular weight excluding hydrogens is 717 g/mol. The fraction of sp³-hybridized carbons (Fsp3) is 0.194. The van der Waals surface area contributed by atoms with Gasteiger partial charge in [0, 0.05) is 15.7 Å². The van der Waals surface area contributed by atoms with Crippen LogP contribution < -0.4 is 29.7 Å². The first kappa shape index (κ1) is 29.3. The molecule has 3 aromatic carbocycles. The second-order valence-corrected chi connectivity index (χ2v) is 12.7. The minimum atomic E-state index is -0.707.